The topological polar surface area (TPSA) is 41.6 Å². The van der Waals surface area contributed by atoms with Crippen molar-refractivity contribution in [2.24, 2.45) is 5.92 Å². The molecule has 0 radical (unpaired) electrons. The van der Waals surface area contributed by atoms with Crippen molar-refractivity contribution in [1.82, 2.24) is 10.2 Å². The van der Waals surface area contributed by atoms with Gasteiger partial charge < -0.3 is 15.0 Å². The Morgan fingerprint density at radius 3 is 3.00 bits per heavy atom. The first-order chi connectivity index (χ1) is 10.1. The van der Waals surface area contributed by atoms with Gasteiger partial charge in [0.2, 0.25) is 5.91 Å². The highest BCUT2D eigenvalue weighted by Crippen LogP contribution is 2.20. The molecule has 0 aromatic heterocycles. The van der Waals surface area contributed by atoms with E-state index in [-0.39, 0.29) is 17.5 Å². The molecule has 1 aromatic carbocycles. The molecule has 116 valence electrons. The van der Waals surface area contributed by atoms with E-state index in [1.54, 1.807) is 6.07 Å². The number of benzene rings is 1. The quantitative estimate of drug-likeness (QED) is 0.870. The number of halogens is 1. The molecule has 1 aromatic rings. The Morgan fingerprint density at radius 2 is 2.33 bits per heavy atom. The number of carbonyl (C=O) groups is 1. The van der Waals surface area contributed by atoms with Crippen LogP contribution in [0.2, 0.25) is 0 Å². The van der Waals surface area contributed by atoms with Gasteiger partial charge in [0.1, 0.15) is 0 Å². The lowest BCUT2D eigenvalue weighted by Gasteiger charge is -2.16. The van der Waals surface area contributed by atoms with E-state index < -0.39 is 0 Å². The molecule has 0 spiro atoms. The van der Waals surface area contributed by atoms with E-state index in [0.29, 0.717) is 18.8 Å². The summed E-state index contributed by atoms with van der Waals surface area (Å²) in [5.41, 5.74) is 0.827. The lowest BCUT2D eigenvalue weighted by Crippen LogP contribution is -2.30. The van der Waals surface area contributed by atoms with Gasteiger partial charge in [-0.3, -0.25) is 4.79 Å². The molecule has 1 atom stereocenters. The lowest BCUT2D eigenvalue weighted by molar-refractivity contribution is -0.130. The third-order valence-electron chi connectivity index (χ3n) is 3.98. The first-order valence-electron chi connectivity index (χ1n) is 7.38. The van der Waals surface area contributed by atoms with Gasteiger partial charge in [-0.05, 0) is 50.0 Å². The van der Waals surface area contributed by atoms with Crippen molar-refractivity contribution in [2.45, 2.75) is 19.3 Å². The molecule has 0 bridgehead atoms. The average Bonchev–Trinajstić information content (AvgIpc) is 2.94. The number of aryl methyl sites for hydroxylation is 1. The molecule has 1 saturated heterocycles. The highest BCUT2D eigenvalue weighted by Gasteiger charge is 2.25. The standard InChI is InChI=1S/C16H23FN2O2/c1-18-10-13-7-8-19(11-13)16(20)6-4-12-3-5-15(21-2)14(17)9-12/h3,5,9,13,18H,4,6-8,10-11H2,1-2H3. The Hall–Kier alpha value is -1.62. The van der Waals surface area contributed by atoms with Crippen LogP contribution in [0, 0.1) is 11.7 Å². The van der Waals surface area contributed by atoms with E-state index in [0.717, 1.165) is 31.6 Å². The van der Waals surface area contributed by atoms with E-state index in [9.17, 15) is 9.18 Å². The van der Waals surface area contributed by atoms with Crippen molar-refractivity contribution in [3.05, 3.63) is 29.6 Å². The fourth-order valence-electron chi connectivity index (χ4n) is 2.79. The van der Waals surface area contributed by atoms with Crippen LogP contribution in [0.1, 0.15) is 18.4 Å². The number of methoxy groups -OCH3 is 1. The summed E-state index contributed by atoms with van der Waals surface area (Å²) in [5.74, 6) is 0.569. The highest BCUT2D eigenvalue weighted by molar-refractivity contribution is 5.76. The summed E-state index contributed by atoms with van der Waals surface area (Å²) < 4.78 is 18.5. The van der Waals surface area contributed by atoms with Gasteiger partial charge in [0.15, 0.2) is 11.6 Å². The molecule has 1 N–H and O–H groups in total. The fourth-order valence-corrected chi connectivity index (χ4v) is 2.79. The van der Waals surface area contributed by atoms with Crippen LogP contribution >= 0.6 is 0 Å². The van der Waals surface area contributed by atoms with E-state index in [2.05, 4.69) is 5.32 Å². The maximum absolute atomic E-state index is 13.6. The van der Waals surface area contributed by atoms with Gasteiger partial charge in [0.05, 0.1) is 7.11 Å². The molecule has 1 fully saturated rings. The van der Waals surface area contributed by atoms with Crippen molar-refractivity contribution in [3.8, 4) is 5.75 Å². The van der Waals surface area contributed by atoms with Crippen molar-refractivity contribution < 1.29 is 13.9 Å². The van der Waals surface area contributed by atoms with Crippen LogP contribution in [0.4, 0.5) is 4.39 Å². The predicted octanol–water partition coefficient (Wildman–Crippen LogP) is 1.83. The first-order valence-corrected chi connectivity index (χ1v) is 7.38. The molecule has 21 heavy (non-hydrogen) atoms. The van der Waals surface area contributed by atoms with E-state index >= 15 is 0 Å². The molecule has 1 aliphatic heterocycles. The summed E-state index contributed by atoms with van der Waals surface area (Å²) in [5, 5.41) is 3.15. The zero-order valence-corrected chi connectivity index (χ0v) is 12.7. The molecule has 5 heteroatoms. The molecule has 2 rings (SSSR count). The molecule has 1 aliphatic rings. The van der Waals surface area contributed by atoms with E-state index in [4.69, 9.17) is 4.74 Å². The third-order valence-corrected chi connectivity index (χ3v) is 3.98. The third kappa shape index (κ3) is 4.17. The van der Waals surface area contributed by atoms with Crippen molar-refractivity contribution in [1.29, 1.82) is 0 Å². The van der Waals surface area contributed by atoms with Crippen LogP contribution in [0.5, 0.6) is 5.75 Å². The van der Waals surface area contributed by atoms with Crippen LogP contribution in [0.15, 0.2) is 18.2 Å². The fraction of sp³-hybridized carbons (Fsp3) is 0.562. The highest BCUT2D eigenvalue weighted by atomic mass is 19.1. The van der Waals surface area contributed by atoms with Gasteiger partial charge >= 0.3 is 0 Å². The van der Waals surface area contributed by atoms with Gasteiger partial charge in [0.25, 0.3) is 0 Å². The minimum absolute atomic E-state index is 0.157. The van der Waals surface area contributed by atoms with Crippen molar-refractivity contribution in [3.63, 3.8) is 0 Å². The van der Waals surface area contributed by atoms with Crippen molar-refractivity contribution >= 4 is 5.91 Å². The van der Waals surface area contributed by atoms with Gasteiger partial charge in [0, 0.05) is 19.5 Å². The second-order valence-corrected chi connectivity index (χ2v) is 5.52. The zero-order valence-electron chi connectivity index (χ0n) is 12.7. The molecular weight excluding hydrogens is 271 g/mol. The second kappa shape index (κ2) is 7.41. The maximum atomic E-state index is 13.6. The monoisotopic (exact) mass is 294 g/mol. The average molecular weight is 294 g/mol. The Bertz CT molecular complexity index is 493. The predicted molar refractivity (Wildman–Crippen MR) is 79.9 cm³/mol. The van der Waals surface area contributed by atoms with E-state index in [1.807, 2.05) is 18.0 Å². The molecule has 4 nitrogen and oxygen atoms in total. The van der Waals surface area contributed by atoms with Gasteiger partial charge in [-0.2, -0.15) is 0 Å². The number of carbonyl (C=O) groups excluding carboxylic acids is 1. The van der Waals surface area contributed by atoms with Crippen LogP contribution in [-0.2, 0) is 11.2 Å². The molecule has 0 aliphatic carbocycles. The van der Waals surface area contributed by atoms with Crippen LogP contribution in [-0.4, -0.2) is 44.6 Å². The Morgan fingerprint density at radius 1 is 1.52 bits per heavy atom. The summed E-state index contributed by atoms with van der Waals surface area (Å²) in [6.07, 6.45) is 2.05. The van der Waals surface area contributed by atoms with Gasteiger partial charge in [-0.1, -0.05) is 6.07 Å². The molecule has 1 unspecified atom stereocenters. The maximum Gasteiger partial charge on any atom is 0.222 e. The molecule has 0 saturated carbocycles. The smallest absolute Gasteiger partial charge is 0.222 e. The first kappa shape index (κ1) is 15.8. The number of ether oxygens (including phenoxy) is 1. The van der Waals surface area contributed by atoms with Gasteiger partial charge in [-0.15, -0.1) is 0 Å². The molecular formula is C16H23FN2O2. The van der Waals surface area contributed by atoms with Crippen LogP contribution < -0.4 is 10.1 Å². The number of nitrogens with zero attached hydrogens (tertiary/aromatic N) is 1. The molecule has 1 heterocycles. The zero-order chi connectivity index (χ0) is 15.2. The molecule has 1 amide bonds. The van der Waals surface area contributed by atoms with E-state index in [1.165, 1.54) is 13.2 Å². The summed E-state index contributed by atoms with van der Waals surface area (Å²) in [6.45, 7) is 2.62. The van der Waals surface area contributed by atoms with Crippen molar-refractivity contribution in [2.75, 3.05) is 33.8 Å². The van der Waals surface area contributed by atoms with Crippen LogP contribution in [0.25, 0.3) is 0 Å². The number of hydrogen-bond acceptors (Lipinski definition) is 3. The SMILES string of the molecule is CNCC1CCN(C(=O)CCc2ccc(OC)c(F)c2)C1. The normalized spacial score (nSPS) is 18.0. The van der Waals surface area contributed by atoms with Crippen LogP contribution in [0.3, 0.4) is 0 Å². The Labute approximate surface area is 125 Å². The summed E-state index contributed by atoms with van der Waals surface area (Å²) in [7, 11) is 3.37. The minimum atomic E-state index is -0.377. The Balaban J connectivity index is 1.83. The second-order valence-electron chi connectivity index (χ2n) is 5.52. The number of likely N-dealkylation sites (tertiary alicyclic amines) is 1. The summed E-state index contributed by atoms with van der Waals surface area (Å²) in [6, 6.07) is 4.86. The largest absolute Gasteiger partial charge is 0.494 e. The minimum Gasteiger partial charge on any atom is -0.494 e. The number of nitrogens with one attached hydrogen (secondary N) is 1. The van der Waals surface area contributed by atoms with Gasteiger partial charge in [-0.25, -0.2) is 4.39 Å². The lowest BCUT2D eigenvalue weighted by atomic mass is 10.1. The summed E-state index contributed by atoms with van der Waals surface area (Å²) in [4.78, 5) is 14.1. The number of amides is 1. The summed E-state index contributed by atoms with van der Waals surface area (Å²) >= 11 is 0. The Kier molecular flexibility index (Phi) is 5.56. The number of hydrogen-bond donors (Lipinski definition) is 1. The number of rotatable bonds is 6.